The Balaban J connectivity index is 2.27. The molecule has 3 rings (SSSR count). The van der Waals surface area contributed by atoms with Gasteiger partial charge in [0.05, 0.1) is 11.3 Å². The van der Waals surface area contributed by atoms with Gasteiger partial charge < -0.3 is 9.47 Å². The Morgan fingerprint density at radius 2 is 1.81 bits per heavy atom. The molecule has 31 heavy (non-hydrogen) atoms. The smallest absolute Gasteiger partial charge is 0.338 e. The van der Waals surface area contributed by atoms with Crippen LogP contribution in [0.1, 0.15) is 52.1 Å². The molecule has 2 heterocycles. The number of thiazole rings is 1. The number of benzene rings is 1. The highest BCUT2D eigenvalue weighted by Gasteiger charge is 2.49. The summed E-state index contributed by atoms with van der Waals surface area (Å²) < 4.78 is 11.7. The van der Waals surface area contributed by atoms with Crippen LogP contribution in [0.4, 0.5) is 0 Å². The normalized spacial score (nSPS) is 17.6. The molecular formula is C24H26ClNO4S. The van der Waals surface area contributed by atoms with E-state index in [0.29, 0.717) is 17.1 Å². The van der Waals surface area contributed by atoms with Crippen molar-refractivity contribution in [1.82, 2.24) is 4.98 Å². The van der Waals surface area contributed by atoms with E-state index < -0.39 is 17.2 Å². The van der Waals surface area contributed by atoms with Crippen molar-refractivity contribution in [2.45, 2.75) is 59.2 Å². The van der Waals surface area contributed by atoms with Gasteiger partial charge in [-0.05, 0) is 53.2 Å². The summed E-state index contributed by atoms with van der Waals surface area (Å²) in [4.78, 5) is 31.6. The predicted molar refractivity (Wildman–Crippen MR) is 124 cm³/mol. The van der Waals surface area contributed by atoms with Gasteiger partial charge in [-0.15, -0.1) is 11.3 Å². The van der Waals surface area contributed by atoms with Crippen molar-refractivity contribution in [3.05, 3.63) is 57.8 Å². The number of ketones is 1. The van der Waals surface area contributed by atoms with Crippen LogP contribution < -0.4 is 0 Å². The van der Waals surface area contributed by atoms with Crippen molar-refractivity contribution >= 4 is 40.3 Å². The molecule has 0 fully saturated rings. The SMILES string of the molecule is C=C(C)C(=O)OC1=C(c2nc(-c3ccc(Cl)cc3)sc2CC)C(=O)C(C)(C)OC1(C)C. The van der Waals surface area contributed by atoms with E-state index >= 15 is 0 Å². The monoisotopic (exact) mass is 459 g/mol. The van der Waals surface area contributed by atoms with E-state index in [-0.39, 0.29) is 22.7 Å². The molecule has 0 atom stereocenters. The minimum absolute atomic E-state index is 0.160. The standard InChI is InChI=1S/C24H26ClNO4S/c1-8-16-18(26-21(31-16)14-9-11-15(25)12-10-14)17-19(27)23(4,5)30-24(6,7)20(17)29-22(28)13(2)3/h9-12H,2,8H2,1,3-7H3. The molecule has 0 spiro atoms. The molecular weight excluding hydrogens is 434 g/mol. The van der Waals surface area contributed by atoms with Crippen molar-refractivity contribution in [3.63, 3.8) is 0 Å². The number of carbonyl (C=O) groups excluding carboxylic acids is 2. The molecule has 7 heteroatoms. The summed E-state index contributed by atoms with van der Waals surface area (Å²) in [6.45, 7) is 14.2. The Labute approximate surface area is 191 Å². The topological polar surface area (TPSA) is 65.5 Å². The van der Waals surface area contributed by atoms with Gasteiger partial charge in [-0.1, -0.05) is 37.2 Å². The van der Waals surface area contributed by atoms with Crippen LogP contribution in [-0.2, 0) is 25.5 Å². The predicted octanol–water partition coefficient (Wildman–Crippen LogP) is 6.01. The summed E-state index contributed by atoms with van der Waals surface area (Å²) >= 11 is 7.52. The summed E-state index contributed by atoms with van der Waals surface area (Å²) in [5.41, 5.74) is -0.189. The first-order chi connectivity index (χ1) is 14.4. The molecule has 0 saturated heterocycles. The molecule has 0 radical (unpaired) electrons. The average Bonchev–Trinajstić information content (AvgIpc) is 3.10. The molecule has 0 aliphatic carbocycles. The van der Waals surface area contributed by atoms with Crippen molar-refractivity contribution in [2.75, 3.05) is 0 Å². The van der Waals surface area contributed by atoms with Crippen molar-refractivity contribution in [1.29, 1.82) is 0 Å². The summed E-state index contributed by atoms with van der Waals surface area (Å²) in [5.74, 6) is -0.727. The third-order valence-corrected chi connectivity index (χ3v) is 6.45. The lowest BCUT2D eigenvalue weighted by Crippen LogP contribution is -2.50. The van der Waals surface area contributed by atoms with Gasteiger partial charge in [-0.3, -0.25) is 4.79 Å². The Morgan fingerprint density at radius 1 is 1.19 bits per heavy atom. The highest BCUT2D eigenvalue weighted by Crippen LogP contribution is 2.44. The maximum atomic E-state index is 13.5. The molecule has 0 unspecified atom stereocenters. The summed E-state index contributed by atoms with van der Waals surface area (Å²) in [6, 6.07) is 7.38. The van der Waals surface area contributed by atoms with Crippen LogP contribution in [0.2, 0.25) is 5.02 Å². The van der Waals surface area contributed by atoms with E-state index in [0.717, 1.165) is 15.4 Å². The fourth-order valence-electron chi connectivity index (χ4n) is 3.51. The lowest BCUT2D eigenvalue weighted by molar-refractivity contribution is -0.164. The van der Waals surface area contributed by atoms with Crippen LogP contribution in [0.5, 0.6) is 0 Å². The minimum Gasteiger partial charge on any atom is -0.424 e. The number of halogens is 1. The molecule has 164 valence electrons. The molecule has 0 amide bonds. The molecule has 0 saturated carbocycles. The van der Waals surface area contributed by atoms with Gasteiger partial charge in [0.25, 0.3) is 0 Å². The quantitative estimate of drug-likeness (QED) is 0.404. The lowest BCUT2D eigenvalue weighted by Gasteiger charge is -2.41. The maximum absolute atomic E-state index is 13.5. The number of esters is 1. The second-order valence-corrected chi connectivity index (χ2v) is 10.00. The fraction of sp³-hybridized carbons (Fsp3) is 0.375. The first-order valence-electron chi connectivity index (χ1n) is 10.0. The highest BCUT2D eigenvalue weighted by molar-refractivity contribution is 7.15. The Morgan fingerprint density at radius 3 is 2.35 bits per heavy atom. The van der Waals surface area contributed by atoms with Gasteiger partial charge in [0.1, 0.15) is 16.2 Å². The highest BCUT2D eigenvalue weighted by atomic mass is 35.5. The van der Waals surface area contributed by atoms with Crippen molar-refractivity contribution < 1.29 is 19.1 Å². The second kappa shape index (κ2) is 8.34. The third-order valence-electron chi connectivity index (χ3n) is 4.95. The van der Waals surface area contributed by atoms with Crippen molar-refractivity contribution in [2.24, 2.45) is 0 Å². The van der Waals surface area contributed by atoms with E-state index in [9.17, 15) is 9.59 Å². The molecule has 0 bridgehead atoms. The number of Topliss-reactive ketones (excluding diaryl/α,β-unsaturated/α-hetero) is 1. The van der Waals surface area contributed by atoms with Crippen LogP contribution in [0.15, 0.2) is 42.2 Å². The number of rotatable bonds is 5. The molecule has 2 aromatic rings. The first kappa shape index (κ1) is 23.4. The van der Waals surface area contributed by atoms with Gasteiger partial charge in [0.15, 0.2) is 11.5 Å². The van der Waals surface area contributed by atoms with E-state index in [4.69, 9.17) is 26.1 Å². The molecule has 1 aromatic heterocycles. The zero-order valence-corrected chi connectivity index (χ0v) is 20.2. The Hall–Kier alpha value is -2.28. The number of aryl methyl sites for hydroxylation is 1. The van der Waals surface area contributed by atoms with Crippen LogP contribution in [-0.4, -0.2) is 27.9 Å². The third kappa shape index (κ3) is 4.52. The number of hydrogen-bond donors (Lipinski definition) is 0. The van der Waals surface area contributed by atoms with Crippen LogP contribution in [0.3, 0.4) is 0 Å². The van der Waals surface area contributed by atoms with E-state index in [2.05, 4.69) is 6.58 Å². The zero-order chi connectivity index (χ0) is 23.1. The average molecular weight is 460 g/mol. The van der Waals surface area contributed by atoms with Gasteiger partial charge in [0.2, 0.25) is 0 Å². The first-order valence-corrected chi connectivity index (χ1v) is 11.2. The van der Waals surface area contributed by atoms with Crippen LogP contribution in [0, 0.1) is 0 Å². The molecule has 0 N–H and O–H groups in total. The van der Waals surface area contributed by atoms with Gasteiger partial charge >= 0.3 is 5.97 Å². The summed E-state index contributed by atoms with van der Waals surface area (Å²) in [5, 5.41) is 1.40. The van der Waals surface area contributed by atoms with E-state index in [1.807, 2.05) is 19.1 Å². The molecule has 1 aliphatic heterocycles. The van der Waals surface area contributed by atoms with E-state index in [1.54, 1.807) is 46.8 Å². The van der Waals surface area contributed by atoms with Crippen LogP contribution in [0.25, 0.3) is 16.1 Å². The Kier molecular flexibility index (Phi) is 6.29. The zero-order valence-electron chi connectivity index (χ0n) is 18.6. The van der Waals surface area contributed by atoms with Crippen molar-refractivity contribution in [3.8, 4) is 10.6 Å². The summed E-state index contributed by atoms with van der Waals surface area (Å²) in [6.07, 6.45) is 0.667. The fourth-order valence-corrected chi connectivity index (χ4v) is 4.65. The molecule has 1 aromatic carbocycles. The minimum atomic E-state index is -1.10. The number of carbonyl (C=O) groups is 2. The number of ether oxygens (including phenoxy) is 2. The number of nitrogens with zero attached hydrogens (tertiary/aromatic N) is 1. The molecule has 5 nitrogen and oxygen atoms in total. The van der Waals surface area contributed by atoms with Gasteiger partial charge in [-0.25, -0.2) is 9.78 Å². The second-order valence-electron chi connectivity index (χ2n) is 8.48. The lowest BCUT2D eigenvalue weighted by atomic mass is 9.84. The van der Waals surface area contributed by atoms with E-state index in [1.165, 1.54) is 11.3 Å². The van der Waals surface area contributed by atoms with Gasteiger partial charge in [-0.2, -0.15) is 0 Å². The molecule has 1 aliphatic rings. The van der Waals surface area contributed by atoms with Crippen LogP contribution >= 0.6 is 22.9 Å². The summed E-state index contributed by atoms with van der Waals surface area (Å²) in [7, 11) is 0. The number of aromatic nitrogens is 1. The number of hydrogen-bond acceptors (Lipinski definition) is 6. The van der Waals surface area contributed by atoms with Gasteiger partial charge in [0, 0.05) is 21.0 Å². The maximum Gasteiger partial charge on any atom is 0.338 e. The largest absolute Gasteiger partial charge is 0.424 e. The Bertz CT molecular complexity index is 1090.